The smallest absolute Gasteiger partial charge is 0.407 e. The van der Waals surface area contributed by atoms with Crippen molar-refractivity contribution in [3.05, 3.63) is 71.5 Å². The van der Waals surface area contributed by atoms with E-state index in [1.165, 1.54) is 24.1 Å². The number of nitrogens with one attached hydrogen (secondary N) is 1. The minimum atomic E-state index is -0.462. The molecule has 1 saturated heterocycles. The first kappa shape index (κ1) is 23.4. The fourth-order valence-electron chi connectivity index (χ4n) is 5.13. The first-order chi connectivity index (χ1) is 16.0. The van der Waals surface area contributed by atoms with E-state index in [1.807, 2.05) is 42.5 Å². The zero-order chi connectivity index (χ0) is 23.0. The molecule has 1 amide bonds. The molecule has 2 aromatic rings. The Balaban J connectivity index is 1.29. The quantitative estimate of drug-likeness (QED) is 0.659. The van der Waals surface area contributed by atoms with Crippen LogP contribution < -0.4 is 5.32 Å². The molecule has 0 bridgehead atoms. The number of piperidine rings is 1. The summed E-state index contributed by atoms with van der Waals surface area (Å²) < 4.78 is 18.6. The Bertz CT molecular complexity index is 919. The maximum atomic E-state index is 13.2. The van der Waals surface area contributed by atoms with Crippen LogP contribution in [-0.4, -0.2) is 42.5 Å². The lowest BCUT2D eigenvalue weighted by molar-refractivity contribution is -0.121. The summed E-state index contributed by atoms with van der Waals surface area (Å²) in [6, 6.07) is 16.2. The summed E-state index contributed by atoms with van der Waals surface area (Å²) in [5.41, 5.74) is 2.11. The molecule has 0 unspecified atom stereocenters. The minimum absolute atomic E-state index is 0.188. The van der Waals surface area contributed by atoms with E-state index >= 15 is 0 Å². The average molecular weight is 453 g/mol. The molecule has 33 heavy (non-hydrogen) atoms. The van der Waals surface area contributed by atoms with Crippen molar-refractivity contribution in [2.45, 2.75) is 51.2 Å². The number of hydrogen-bond donors (Lipinski definition) is 1. The van der Waals surface area contributed by atoms with Gasteiger partial charge in [-0.05, 0) is 67.3 Å². The summed E-state index contributed by atoms with van der Waals surface area (Å²) in [6.45, 7) is 3.12. The molecule has 2 aliphatic rings. The Morgan fingerprint density at radius 3 is 2.64 bits per heavy atom. The summed E-state index contributed by atoms with van der Waals surface area (Å²) in [5, 5.41) is 2.97. The Kier molecular flexibility index (Phi) is 8.10. The van der Waals surface area contributed by atoms with Crippen LogP contribution in [0.25, 0.3) is 0 Å². The molecule has 1 aliphatic carbocycles. The van der Waals surface area contributed by atoms with E-state index in [0.717, 1.165) is 44.5 Å². The van der Waals surface area contributed by atoms with Crippen molar-refractivity contribution in [1.82, 2.24) is 10.2 Å². The molecule has 176 valence electrons. The SMILES string of the molecule is O=C1CC[C@@H](CN2CCC[C@@H](Cc3ccc(F)cc3)C2)[C@H](NC(=O)OCc2ccccc2)C1. The van der Waals surface area contributed by atoms with Gasteiger partial charge in [-0.25, -0.2) is 9.18 Å². The number of carbonyl (C=O) groups excluding carboxylic acids is 2. The van der Waals surface area contributed by atoms with Crippen molar-refractivity contribution in [3.63, 3.8) is 0 Å². The number of Topliss-reactive ketones (excluding diaryl/α,β-unsaturated/α-hetero) is 1. The third kappa shape index (κ3) is 7.13. The highest BCUT2D eigenvalue weighted by Crippen LogP contribution is 2.27. The van der Waals surface area contributed by atoms with Crippen LogP contribution >= 0.6 is 0 Å². The number of ketones is 1. The molecule has 4 rings (SSSR count). The Hall–Kier alpha value is -2.73. The third-order valence-corrected chi connectivity index (χ3v) is 6.86. The van der Waals surface area contributed by atoms with E-state index in [0.29, 0.717) is 18.8 Å². The number of nitrogens with zero attached hydrogens (tertiary/aromatic N) is 1. The molecule has 5 nitrogen and oxygen atoms in total. The van der Waals surface area contributed by atoms with Crippen molar-refractivity contribution in [2.75, 3.05) is 19.6 Å². The maximum absolute atomic E-state index is 13.2. The zero-order valence-corrected chi connectivity index (χ0v) is 19.0. The topological polar surface area (TPSA) is 58.6 Å². The van der Waals surface area contributed by atoms with Gasteiger partial charge in [0, 0.05) is 32.0 Å². The van der Waals surface area contributed by atoms with Gasteiger partial charge in [-0.1, -0.05) is 42.5 Å². The lowest BCUT2D eigenvalue weighted by atomic mass is 9.82. The van der Waals surface area contributed by atoms with Crippen LogP contribution in [0.5, 0.6) is 0 Å². The zero-order valence-electron chi connectivity index (χ0n) is 19.0. The van der Waals surface area contributed by atoms with Gasteiger partial charge in [0.2, 0.25) is 0 Å². The second kappa shape index (κ2) is 11.4. The van der Waals surface area contributed by atoms with E-state index in [2.05, 4.69) is 10.2 Å². The summed E-state index contributed by atoms with van der Waals surface area (Å²) >= 11 is 0. The molecule has 0 spiro atoms. The van der Waals surface area contributed by atoms with Crippen LogP contribution in [0.1, 0.15) is 43.2 Å². The number of benzene rings is 2. The lowest BCUT2D eigenvalue weighted by Gasteiger charge is -2.39. The highest BCUT2D eigenvalue weighted by Gasteiger charge is 2.33. The Labute approximate surface area is 195 Å². The number of rotatable bonds is 7. The lowest BCUT2D eigenvalue weighted by Crippen LogP contribution is -2.49. The summed E-state index contributed by atoms with van der Waals surface area (Å²) in [6.07, 6.45) is 4.54. The maximum Gasteiger partial charge on any atom is 0.407 e. The predicted molar refractivity (Wildman–Crippen MR) is 125 cm³/mol. The Morgan fingerprint density at radius 1 is 1.06 bits per heavy atom. The van der Waals surface area contributed by atoms with Gasteiger partial charge in [-0.3, -0.25) is 4.79 Å². The monoisotopic (exact) mass is 452 g/mol. The summed E-state index contributed by atoms with van der Waals surface area (Å²) in [4.78, 5) is 27.0. The van der Waals surface area contributed by atoms with Gasteiger partial charge in [0.1, 0.15) is 18.2 Å². The van der Waals surface area contributed by atoms with Gasteiger partial charge in [0.25, 0.3) is 0 Å². The molecule has 2 aromatic carbocycles. The fourth-order valence-corrected chi connectivity index (χ4v) is 5.13. The van der Waals surface area contributed by atoms with Crippen molar-refractivity contribution >= 4 is 11.9 Å². The standard InChI is InChI=1S/C27H33FN2O3/c28-24-11-8-20(9-12-24)15-22-7-4-14-30(17-22)18-23-10-13-25(31)16-26(23)29-27(32)33-19-21-5-2-1-3-6-21/h1-3,5-6,8-9,11-12,22-23,26H,4,7,10,13-19H2,(H,29,32)/t22-,23-,26+/m0/s1. The van der Waals surface area contributed by atoms with E-state index in [-0.39, 0.29) is 30.2 Å². The normalized spacial score (nSPS) is 23.8. The van der Waals surface area contributed by atoms with Gasteiger partial charge in [0.05, 0.1) is 0 Å². The molecular formula is C27H33FN2O3. The molecule has 3 atom stereocenters. The number of ether oxygens (including phenoxy) is 1. The van der Waals surface area contributed by atoms with Crippen molar-refractivity contribution in [2.24, 2.45) is 11.8 Å². The molecule has 1 aliphatic heterocycles. The molecule has 0 radical (unpaired) electrons. The number of carbonyl (C=O) groups is 2. The van der Waals surface area contributed by atoms with Crippen LogP contribution in [0, 0.1) is 17.7 Å². The average Bonchev–Trinajstić information content (AvgIpc) is 2.82. The largest absolute Gasteiger partial charge is 0.445 e. The van der Waals surface area contributed by atoms with Crippen LogP contribution in [0.3, 0.4) is 0 Å². The molecular weight excluding hydrogens is 419 g/mol. The van der Waals surface area contributed by atoms with Crippen molar-refractivity contribution < 1.29 is 18.7 Å². The first-order valence-corrected chi connectivity index (χ1v) is 12.0. The van der Waals surface area contributed by atoms with Gasteiger partial charge in [0.15, 0.2) is 0 Å². The number of likely N-dealkylation sites (tertiary alicyclic amines) is 1. The summed E-state index contributed by atoms with van der Waals surface area (Å²) in [5.74, 6) is 0.775. The second-order valence-electron chi connectivity index (χ2n) is 9.45. The van der Waals surface area contributed by atoms with Crippen LogP contribution in [0.15, 0.2) is 54.6 Å². The highest BCUT2D eigenvalue weighted by atomic mass is 19.1. The van der Waals surface area contributed by atoms with Crippen LogP contribution in [-0.2, 0) is 22.6 Å². The van der Waals surface area contributed by atoms with E-state index in [1.54, 1.807) is 0 Å². The minimum Gasteiger partial charge on any atom is -0.445 e. The molecule has 2 fully saturated rings. The number of halogens is 1. The van der Waals surface area contributed by atoms with Crippen LogP contribution in [0.4, 0.5) is 9.18 Å². The number of alkyl carbamates (subject to hydrolysis) is 1. The fraction of sp³-hybridized carbons (Fsp3) is 0.481. The molecule has 1 heterocycles. The molecule has 1 N–H and O–H groups in total. The molecule has 1 saturated carbocycles. The molecule has 0 aromatic heterocycles. The number of hydrogen-bond acceptors (Lipinski definition) is 4. The number of amides is 1. The van der Waals surface area contributed by atoms with Crippen molar-refractivity contribution in [3.8, 4) is 0 Å². The first-order valence-electron chi connectivity index (χ1n) is 12.0. The summed E-state index contributed by atoms with van der Waals surface area (Å²) in [7, 11) is 0. The van der Waals surface area contributed by atoms with Crippen LogP contribution in [0.2, 0.25) is 0 Å². The van der Waals surface area contributed by atoms with E-state index in [4.69, 9.17) is 4.74 Å². The second-order valence-corrected chi connectivity index (χ2v) is 9.45. The molecule has 6 heteroatoms. The third-order valence-electron chi connectivity index (χ3n) is 6.86. The van der Waals surface area contributed by atoms with Crippen molar-refractivity contribution in [1.29, 1.82) is 0 Å². The van der Waals surface area contributed by atoms with Gasteiger partial charge in [-0.15, -0.1) is 0 Å². The van der Waals surface area contributed by atoms with E-state index < -0.39 is 6.09 Å². The van der Waals surface area contributed by atoms with Gasteiger partial charge >= 0.3 is 6.09 Å². The van der Waals surface area contributed by atoms with E-state index in [9.17, 15) is 14.0 Å². The predicted octanol–water partition coefficient (Wildman–Crippen LogP) is 4.74. The Morgan fingerprint density at radius 2 is 1.85 bits per heavy atom. The highest BCUT2D eigenvalue weighted by molar-refractivity contribution is 5.80. The van der Waals surface area contributed by atoms with Gasteiger partial charge < -0.3 is 15.0 Å². The van der Waals surface area contributed by atoms with Gasteiger partial charge in [-0.2, -0.15) is 0 Å².